The van der Waals surface area contributed by atoms with E-state index in [2.05, 4.69) is 36.6 Å². The topological polar surface area (TPSA) is 79.5 Å². The summed E-state index contributed by atoms with van der Waals surface area (Å²) in [5.41, 5.74) is 0.347. The molecule has 20 heavy (non-hydrogen) atoms. The van der Waals surface area contributed by atoms with Gasteiger partial charge in [-0.05, 0) is 50.1 Å². The van der Waals surface area contributed by atoms with Gasteiger partial charge < -0.3 is 9.52 Å². The van der Waals surface area contributed by atoms with Crippen LogP contribution in [0.4, 0.5) is 5.69 Å². The van der Waals surface area contributed by atoms with Crippen molar-refractivity contribution in [2.75, 3.05) is 4.72 Å². The van der Waals surface area contributed by atoms with E-state index in [0.29, 0.717) is 15.2 Å². The number of furan rings is 1. The molecule has 0 radical (unpaired) electrons. The molecule has 2 N–H and O–H groups in total. The van der Waals surface area contributed by atoms with E-state index in [4.69, 9.17) is 21.1 Å². The number of aliphatic hydroxyl groups excluding tert-OH is 1. The molecule has 2 aromatic rings. The maximum atomic E-state index is 12.2. The van der Waals surface area contributed by atoms with Crippen LogP contribution in [0.25, 0.3) is 0 Å². The first-order chi connectivity index (χ1) is 9.33. The van der Waals surface area contributed by atoms with Crippen LogP contribution in [0.5, 0.6) is 0 Å². The van der Waals surface area contributed by atoms with Gasteiger partial charge in [-0.3, -0.25) is 4.72 Å². The van der Waals surface area contributed by atoms with Gasteiger partial charge in [0, 0.05) is 10.5 Å². The van der Waals surface area contributed by atoms with Crippen molar-refractivity contribution in [2.24, 2.45) is 0 Å². The van der Waals surface area contributed by atoms with Gasteiger partial charge in [-0.1, -0.05) is 11.6 Å². The van der Waals surface area contributed by atoms with E-state index in [1.165, 1.54) is 12.1 Å². The van der Waals surface area contributed by atoms with Crippen LogP contribution >= 0.6 is 43.5 Å². The summed E-state index contributed by atoms with van der Waals surface area (Å²) in [4.78, 5) is -0.0902. The van der Waals surface area contributed by atoms with Crippen LogP contribution in [0.2, 0.25) is 5.02 Å². The maximum Gasteiger partial charge on any atom is 0.266 e. The lowest BCUT2D eigenvalue weighted by Gasteiger charge is -2.07. The van der Waals surface area contributed by atoms with Crippen molar-refractivity contribution in [3.05, 3.63) is 44.2 Å². The van der Waals surface area contributed by atoms with Crippen molar-refractivity contribution in [2.45, 2.75) is 11.5 Å². The lowest BCUT2D eigenvalue weighted by Crippen LogP contribution is -2.12. The maximum absolute atomic E-state index is 12.2. The van der Waals surface area contributed by atoms with E-state index in [1.54, 1.807) is 12.1 Å². The molecule has 0 spiro atoms. The average Bonchev–Trinajstić information content (AvgIpc) is 2.76. The van der Waals surface area contributed by atoms with Gasteiger partial charge >= 0.3 is 0 Å². The van der Waals surface area contributed by atoms with E-state index in [-0.39, 0.29) is 21.9 Å². The Bertz CT molecular complexity index is 745. The zero-order chi connectivity index (χ0) is 14.9. The standard InChI is InChI=1S/C11H8Br2ClNO4S/c12-8-3-6(1-2-9(8)14)15-20(17,18)10-4-7(5-16)19-11(10)13/h1-4,15-16H,5H2. The van der Waals surface area contributed by atoms with Crippen LogP contribution in [-0.2, 0) is 16.6 Å². The second-order valence-corrected chi connectivity index (χ2v) is 7.38. The third-order valence-corrected chi connectivity index (χ3v) is 5.78. The minimum absolute atomic E-state index is 0.0297. The largest absolute Gasteiger partial charge is 0.450 e. The second-order valence-electron chi connectivity index (χ2n) is 3.74. The second kappa shape index (κ2) is 6.07. The first-order valence-corrected chi connectivity index (χ1v) is 8.65. The molecular weight excluding hydrogens is 437 g/mol. The fourth-order valence-corrected chi connectivity index (χ4v) is 3.97. The summed E-state index contributed by atoms with van der Waals surface area (Å²) >= 11 is 12.1. The molecule has 1 aromatic heterocycles. The third kappa shape index (κ3) is 3.37. The van der Waals surface area contributed by atoms with Crippen molar-refractivity contribution in [1.29, 1.82) is 0 Å². The van der Waals surface area contributed by atoms with E-state index >= 15 is 0 Å². The first kappa shape index (κ1) is 15.8. The Morgan fingerprint density at radius 3 is 2.55 bits per heavy atom. The third-order valence-electron chi connectivity index (χ3n) is 2.32. The summed E-state index contributed by atoms with van der Waals surface area (Å²) in [7, 11) is -3.83. The smallest absolute Gasteiger partial charge is 0.266 e. The molecule has 0 fully saturated rings. The van der Waals surface area contributed by atoms with Crippen molar-refractivity contribution in [3.63, 3.8) is 0 Å². The highest BCUT2D eigenvalue weighted by Gasteiger charge is 2.22. The Labute approximate surface area is 137 Å². The number of rotatable bonds is 4. The normalized spacial score (nSPS) is 11.6. The highest BCUT2D eigenvalue weighted by atomic mass is 79.9. The molecule has 0 unspecified atom stereocenters. The first-order valence-electron chi connectivity index (χ1n) is 5.20. The summed E-state index contributed by atoms with van der Waals surface area (Å²) in [6, 6.07) is 5.89. The van der Waals surface area contributed by atoms with Gasteiger partial charge in [0.2, 0.25) is 0 Å². The van der Waals surface area contributed by atoms with Gasteiger partial charge in [-0.15, -0.1) is 0 Å². The monoisotopic (exact) mass is 443 g/mol. The van der Waals surface area contributed by atoms with Gasteiger partial charge in [0.1, 0.15) is 17.3 Å². The van der Waals surface area contributed by atoms with Crippen LogP contribution in [0.3, 0.4) is 0 Å². The minimum Gasteiger partial charge on any atom is -0.450 e. The summed E-state index contributed by atoms with van der Waals surface area (Å²) in [5, 5.41) is 9.42. The Balaban J connectivity index is 2.35. The number of hydrogen-bond donors (Lipinski definition) is 2. The summed E-state index contributed by atoms with van der Waals surface area (Å²) < 4.78 is 32.5. The number of sulfonamides is 1. The molecule has 0 bridgehead atoms. The molecule has 1 aromatic carbocycles. The Kier molecular flexibility index (Phi) is 4.80. The minimum atomic E-state index is -3.83. The van der Waals surface area contributed by atoms with Crippen molar-refractivity contribution in [1.82, 2.24) is 0 Å². The fraction of sp³-hybridized carbons (Fsp3) is 0.0909. The van der Waals surface area contributed by atoms with Gasteiger partial charge in [0.25, 0.3) is 10.0 Å². The van der Waals surface area contributed by atoms with Crippen molar-refractivity contribution < 1.29 is 17.9 Å². The molecule has 0 amide bonds. The number of nitrogens with one attached hydrogen (secondary N) is 1. The van der Waals surface area contributed by atoms with E-state index < -0.39 is 10.0 Å². The predicted molar refractivity (Wildman–Crippen MR) is 82.3 cm³/mol. The fourth-order valence-electron chi connectivity index (χ4n) is 1.43. The van der Waals surface area contributed by atoms with Gasteiger partial charge in [0.05, 0.1) is 10.7 Å². The molecule has 0 aliphatic rings. The summed E-state index contributed by atoms with van der Waals surface area (Å²) in [5.74, 6) is 0.148. The Morgan fingerprint density at radius 2 is 2.00 bits per heavy atom. The molecule has 0 saturated carbocycles. The number of anilines is 1. The predicted octanol–water partition coefficient (Wildman–Crippen LogP) is 3.75. The van der Waals surface area contributed by atoms with Crippen molar-refractivity contribution in [3.8, 4) is 0 Å². The number of aliphatic hydroxyl groups is 1. The molecule has 5 nitrogen and oxygen atoms in total. The van der Waals surface area contributed by atoms with Crippen LogP contribution < -0.4 is 4.72 Å². The Morgan fingerprint density at radius 1 is 1.30 bits per heavy atom. The molecule has 9 heteroatoms. The Hall–Kier alpha value is -0.540. The molecule has 0 atom stereocenters. The van der Waals surface area contributed by atoms with Crippen LogP contribution in [-0.4, -0.2) is 13.5 Å². The van der Waals surface area contributed by atoms with E-state index in [0.717, 1.165) is 0 Å². The zero-order valence-corrected chi connectivity index (χ0v) is 14.5. The summed E-state index contributed by atoms with van der Waals surface area (Å²) in [6.07, 6.45) is 0. The van der Waals surface area contributed by atoms with Crippen molar-refractivity contribution >= 4 is 59.2 Å². The quantitative estimate of drug-likeness (QED) is 0.751. The van der Waals surface area contributed by atoms with Crippen LogP contribution in [0, 0.1) is 0 Å². The molecule has 0 saturated heterocycles. The van der Waals surface area contributed by atoms with Crippen LogP contribution in [0.15, 0.2) is 42.7 Å². The lowest BCUT2D eigenvalue weighted by molar-refractivity contribution is 0.245. The molecule has 0 aliphatic heterocycles. The van der Waals surface area contributed by atoms with Gasteiger partial charge in [-0.25, -0.2) is 8.42 Å². The van der Waals surface area contributed by atoms with Crippen LogP contribution in [0.1, 0.15) is 5.76 Å². The lowest BCUT2D eigenvalue weighted by atomic mass is 10.3. The molecule has 0 aliphatic carbocycles. The molecular formula is C11H8Br2ClNO4S. The number of hydrogen-bond acceptors (Lipinski definition) is 4. The van der Waals surface area contributed by atoms with Gasteiger partial charge in [0.15, 0.2) is 4.67 Å². The number of halogens is 3. The highest BCUT2D eigenvalue weighted by Crippen LogP contribution is 2.30. The molecule has 108 valence electrons. The zero-order valence-electron chi connectivity index (χ0n) is 9.73. The SMILES string of the molecule is O=S(=O)(Nc1ccc(Cl)c(Br)c1)c1cc(CO)oc1Br. The number of benzene rings is 1. The van der Waals surface area contributed by atoms with E-state index in [1.807, 2.05) is 0 Å². The highest BCUT2D eigenvalue weighted by molar-refractivity contribution is 9.10. The molecule has 1 heterocycles. The molecule has 2 rings (SSSR count). The van der Waals surface area contributed by atoms with E-state index in [9.17, 15) is 8.42 Å². The average molecular weight is 446 g/mol. The summed E-state index contributed by atoms with van der Waals surface area (Å²) in [6.45, 7) is -0.388. The van der Waals surface area contributed by atoms with Gasteiger partial charge in [-0.2, -0.15) is 0 Å².